The van der Waals surface area contributed by atoms with Crippen molar-refractivity contribution in [3.05, 3.63) is 58.6 Å². The number of nitrogen functional groups attached to an aromatic ring is 1. The standard InChI is InChI=1S/C17H18ClN3O/c18-15-6-5-14(9-16(15)19)20-17(22)11-21-8-7-12-3-1-2-4-13(12)10-21/h1-6,9H,7-8,10-11,19H2,(H,20,22). The minimum absolute atomic E-state index is 0.0406. The summed E-state index contributed by atoms with van der Waals surface area (Å²) in [6, 6.07) is 13.5. The molecule has 4 nitrogen and oxygen atoms in total. The second-order valence-corrected chi connectivity index (χ2v) is 5.92. The molecule has 1 amide bonds. The highest BCUT2D eigenvalue weighted by Gasteiger charge is 2.18. The first kappa shape index (κ1) is 14.9. The van der Waals surface area contributed by atoms with E-state index in [0.29, 0.717) is 22.9 Å². The van der Waals surface area contributed by atoms with Crippen LogP contribution in [0.3, 0.4) is 0 Å². The average Bonchev–Trinajstić information content (AvgIpc) is 2.51. The molecular weight excluding hydrogens is 298 g/mol. The number of halogens is 1. The molecule has 5 heteroatoms. The molecule has 0 saturated heterocycles. The van der Waals surface area contributed by atoms with Crippen molar-refractivity contribution >= 4 is 28.9 Å². The van der Waals surface area contributed by atoms with Crippen LogP contribution in [0.25, 0.3) is 0 Å². The first-order valence-corrected chi connectivity index (χ1v) is 7.63. The summed E-state index contributed by atoms with van der Waals surface area (Å²) in [5, 5.41) is 3.35. The van der Waals surface area contributed by atoms with Gasteiger partial charge in [-0.15, -0.1) is 0 Å². The van der Waals surface area contributed by atoms with Crippen LogP contribution in [0, 0.1) is 0 Å². The topological polar surface area (TPSA) is 58.4 Å². The first-order valence-electron chi connectivity index (χ1n) is 7.26. The monoisotopic (exact) mass is 315 g/mol. The molecule has 1 aliphatic heterocycles. The average molecular weight is 316 g/mol. The Bertz CT molecular complexity index is 702. The fourth-order valence-electron chi connectivity index (χ4n) is 2.71. The number of hydrogen-bond donors (Lipinski definition) is 2. The van der Waals surface area contributed by atoms with Crippen molar-refractivity contribution in [1.82, 2.24) is 4.90 Å². The van der Waals surface area contributed by atoms with Gasteiger partial charge in [0.05, 0.1) is 17.3 Å². The Morgan fingerprint density at radius 1 is 1.23 bits per heavy atom. The number of rotatable bonds is 3. The highest BCUT2D eigenvalue weighted by Crippen LogP contribution is 2.22. The molecule has 0 fully saturated rings. The zero-order valence-corrected chi connectivity index (χ0v) is 12.9. The molecule has 2 aromatic rings. The van der Waals surface area contributed by atoms with E-state index in [1.54, 1.807) is 18.2 Å². The summed E-state index contributed by atoms with van der Waals surface area (Å²) in [4.78, 5) is 14.3. The van der Waals surface area contributed by atoms with E-state index in [9.17, 15) is 4.79 Å². The molecule has 0 spiro atoms. The van der Waals surface area contributed by atoms with Crippen molar-refractivity contribution < 1.29 is 4.79 Å². The van der Waals surface area contributed by atoms with E-state index in [2.05, 4.69) is 28.4 Å². The second kappa shape index (κ2) is 6.38. The molecule has 114 valence electrons. The van der Waals surface area contributed by atoms with Gasteiger partial charge in [0, 0.05) is 18.8 Å². The molecule has 1 heterocycles. The van der Waals surface area contributed by atoms with Crippen LogP contribution in [0.5, 0.6) is 0 Å². The Morgan fingerprint density at radius 3 is 2.77 bits per heavy atom. The number of fused-ring (bicyclic) bond motifs is 1. The predicted molar refractivity (Wildman–Crippen MR) is 89.9 cm³/mol. The summed E-state index contributed by atoms with van der Waals surface area (Å²) in [6.07, 6.45) is 0.983. The molecular formula is C17H18ClN3O. The lowest BCUT2D eigenvalue weighted by molar-refractivity contribution is -0.117. The fourth-order valence-corrected chi connectivity index (χ4v) is 2.83. The van der Waals surface area contributed by atoms with Crippen LogP contribution in [0.2, 0.25) is 5.02 Å². The van der Waals surface area contributed by atoms with Crippen LogP contribution < -0.4 is 11.1 Å². The molecule has 3 rings (SSSR count). The summed E-state index contributed by atoms with van der Waals surface area (Å²) in [5.74, 6) is -0.0406. The third-order valence-electron chi connectivity index (χ3n) is 3.86. The fraction of sp³-hybridized carbons (Fsp3) is 0.235. The minimum atomic E-state index is -0.0406. The quantitative estimate of drug-likeness (QED) is 0.856. The van der Waals surface area contributed by atoms with Gasteiger partial charge in [0.1, 0.15) is 0 Å². The van der Waals surface area contributed by atoms with Crippen LogP contribution in [0.1, 0.15) is 11.1 Å². The van der Waals surface area contributed by atoms with E-state index < -0.39 is 0 Å². The van der Waals surface area contributed by atoms with E-state index in [1.165, 1.54) is 11.1 Å². The number of nitrogens with zero attached hydrogens (tertiary/aromatic N) is 1. The van der Waals surface area contributed by atoms with Gasteiger partial charge in [-0.1, -0.05) is 35.9 Å². The molecule has 0 bridgehead atoms. The van der Waals surface area contributed by atoms with Crippen molar-refractivity contribution in [1.29, 1.82) is 0 Å². The summed E-state index contributed by atoms with van der Waals surface area (Å²) < 4.78 is 0. The summed E-state index contributed by atoms with van der Waals surface area (Å²) >= 11 is 5.87. The van der Waals surface area contributed by atoms with Crippen molar-refractivity contribution in [2.24, 2.45) is 0 Å². The van der Waals surface area contributed by atoms with Gasteiger partial charge in [-0.25, -0.2) is 0 Å². The normalized spacial score (nSPS) is 14.4. The first-order chi connectivity index (χ1) is 10.6. The van der Waals surface area contributed by atoms with Gasteiger partial charge < -0.3 is 11.1 Å². The number of benzene rings is 2. The lowest BCUT2D eigenvalue weighted by atomic mass is 10.00. The van der Waals surface area contributed by atoms with Gasteiger partial charge in [-0.2, -0.15) is 0 Å². The molecule has 22 heavy (non-hydrogen) atoms. The Hall–Kier alpha value is -2.04. The van der Waals surface area contributed by atoms with Gasteiger partial charge in [0.15, 0.2) is 0 Å². The maximum Gasteiger partial charge on any atom is 0.238 e. The Kier molecular flexibility index (Phi) is 4.32. The predicted octanol–water partition coefficient (Wildman–Crippen LogP) is 2.92. The van der Waals surface area contributed by atoms with E-state index >= 15 is 0 Å². The third-order valence-corrected chi connectivity index (χ3v) is 4.20. The van der Waals surface area contributed by atoms with Crippen molar-refractivity contribution in [2.45, 2.75) is 13.0 Å². The number of nitrogens with one attached hydrogen (secondary N) is 1. The number of carbonyl (C=O) groups excluding carboxylic acids is 1. The number of anilines is 2. The maximum atomic E-state index is 12.2. The molecule has 0 radical (unpaired) electrons. The molecule has 0 saturated carbocycles. The molecule has 0 aromatic heterocycles. The Labute approximate surface area is 134 Å². The lowest BCUT2D eigenvalue weighted by Gasteiger charge is -2.28. The van der Waals surface area contributed by atoms with Gasteiger partial charge in [-0.05, 0) is 35.7 Å². The maximum absolute atomic E-state index is 12.2. The highest BCUT2D eigenvalue weighted by molar-refractivity contribution is 6.33. The zero-order chi connectivity index (χ0) is 15.5. The van der Waals surface area contributed by atoms with Gasteiger partial charge in [0.25, 0.3) is 0 Å². The third kappa shape index (κ3) is 3.40. The summed E-state index contributed by atoms with van der Waals surface area (Å²) in [5.41, 5.74) is 9.56. The highest BCUT2D eigenvalue weighted by atomic mass is 35.5. The molecule has 1 aliphatic rings. The van der Waals surface area contributed by atoms with Gasteiger partial charge >= 0.3 is 0 Å². The molecule has 3 N–H and O–H groups in total. The van der Waals surface area contributed by atoms with Gasteiger partial charge in [-0.3, -0.25) is 9.69 Å². The lowest BCUT2D eigenvalue weighted by Crippen LogP contribution is -2.37. The summed E-state index contributed by atoms with van der Waals surface area (Å²) in [6.45, 7) is 2.08. The van der Waals surface area contributed by atoms with Crippen LogP contribution in [0.15, 0.2) is 42.5 Å². The smallest absolute Gasteiger partial charge is 0.238 e. The van der Waals surface area contributed by atoms with E-state index in [1.807, 2.05) is 6.07 Å². The number of hydrogen-bond acceptors (Lipinski definition) is 3. The molecule has 2 aromatic carbocycles. The van der Waals surface area contributed by atoms with E-state index in [4.69, 9.17) is 17.3 Å². The number of amides is 1. The van der Waals surface area contributed by atoms with Crippen molar-refractivity contribution in [3.8, 4) is 0 Å². The Morgan fingerprint density at radius 2 is 2.00 bits per heavy atom. The molecule has 0 aliphatic carbocycles. The molecule has 0 unspecified atom stereocenters. The second-order valence-electron chi connectivity index (χ2n) is 5.51. The molecule has 0 atom stereocenters. The number of carbonyl (C=O) groups is 1. The van der Waals surface area contributed by atoms with Crippen LogP contribution >= 0.6 is 11.6 Å². The van der Waals surface area contributed by atoms with E-state index in [-0.39, 0.29) is 5.91 Å². The van der Waals surface area contributed by atoms with Crippen molar-refractivity contribution in [3.63, 3.8) is 0 Å². The van der Waals surface area contributed by atoms with Crippen LogP contribution in [-0.2, 0) is 17.8 Å². The minimum Gasteiger partial charge on any atom is -0.397 e. The number of nitrogens with two attached hydrogens (primary N) is 1. The van der Waals surface area contributed by atoms with Gasteiger partial charge in [0.2, 0.25) is 5.91 Å². The summed E-state index contributed by atoms with van der Waals surface area (Å²) in [7, 11) is 0. The van der Waals surface area contributed by atoms with E-state index in [0.717, 1.165) is 19.5 Å². The Balaban J connectivity index is 1.59. The van der Waals surface area contributed by atoms with Crippen molar-refractivity contribution in [2.75, 3.05) is 24.1 Å². The zero-order valence-electron chi connectivity index (χ0n) is 12.2. The van der Waals surface area contributed by atoms with Crippen LogP contribution in [-0.4, -0.2) is 23.9 Å². The van der Waals surface area contributed by atoms with Crippen LogP contribution in [0.4, 0.5) is 11.4 Å². The largest absolute Gasteiger partial charge is 0.397 e. The SMILES string of the molecule is Nc1cc(NC(=O)CN2CCc3ccccc3C2)ccc1Cl.